The highest BCUT2D eigenvalue weighted by atomic mass is 35.5. The van der Waals surface area contributed by atoms with Gasteiger partial charge in [-0.15, -0.1) is 12.4 Å². The Morgan fingerprint density at radius 1 is 1.04 bits per heavy atom. The Balaban J connectivity index is 0.00000264. The molecule has 0 saturated heterocycles. The second kappa shape index (κ2) is 8.70. The molecule has 2 unspecified atom stereocenters. The van der Waals surface area contributed by atoms with E-state index >= 15 is 0 Å². The summed E-state index contributed by atoms with van der Waals surface area (Å²) in [6, 6.07) is 17.7. The van der Waals surface area contributed by atoms with Gasteiger partial charge in [-0.3, -0.25) is 0 Å². The van der Waals surface area contributed by atoms with Gasteiger partial charge in [0.25, 0.3) is 0 Å². The minimum atomic E-state index is -0.920. The number of aliphatic hydroxyl groups is 1. The maximum Gasteiger partial charge on any atom is 0.0974 e. The largest absolute Gasteiger partial charge is 0.384 e. The van der Waals surface area contributed by atoms with Crippen molar-refractivity contribution in [2.45, 2.75) is 18.9 Å². The first kappa shape index (κ1) is 20.0. The zero-order valence-corrected chi connectivity index (χ0v) is 15.4. The Morgan fingerprint density at radius 3 is 2.13 bits per heavy atom. The summed E-state index contributed by atoms with van der Waals surface area (Å²) in [7, 11) is 4.06. The quantitative estimate of drug-likeness (QED) is 0.832. The molecule has 0 bridgehead atoms. The topological polar surface area (TPSA) is 23.5 Å². The first-order valence-corrected chi connectivity index (χ1v) is 7.96. The van der Waals surface area contributed by atoms with E-state index in [4.69, 9.17) is 11.6 Å². The van der Waals surface area contributed by atoms with Gasteiger partial charge in [-0.1, -0.05) is 61.0 Å². The Kier molecular flexibility index (Phi) is 7.56. The average Bonchev–Trinajstić information content (AvgIpc) is 2.48. The van der Waals surface area contributed by atoms with E-state index in [1.165, 1.54) is 0 Å². The van der Waals surface area contributed by atoms with E-state index in [9.17, 15) is 5.11 Å². The van der Waals surface area contributed by atoms with Crippen molar-refractivity contribution in [3.05, 3.63) is 70.7 Å². The van der Waals surface area contributed by atoms with Crippen LogP contribution >= 0.6 is 24.0 Å². The fraction of sp³-hybridized carbons (Fsp3) is 0.368. The Bertz CT molecular complexity index is 586. The van der Waals surface area contributed by atoms with Gasteiger partial charge in [0.15, 0.2) is 0 Å². The second-order valence-corrected chi connectivity index (χ2v) is 6.69. The van der Waals surface area contributed by atoms with E-state index < -0.39 is 5.60 Å². The number of hydrogen-bond donors (Lipinski definition) is 1. The number of rotatable bonds is 6. The number of halogens is 2. The highest BCUT2D eigenvalue weighted by molar-refractivity contribution is 6.30. The van der Waals surface area contributed by atoms with Crippen LogP contribution in [0, 0.1) is 5.92 Å². The fourth-order valence-corrected chi connectivity index (χ4v) is 3.03. The van der Waals surface area contributed by atoms with Gasteiger partial charge in [0.2, 0.25) is 0 Å². The predicted molar refractivity (Wildman–Crippen MR) is 100 cm³/mol. The molecular weight excluding hydrogens is 329 g/mol. The molecule has 23 heavy (non-hydrogen) atoms. The Hall–Kier alpha value is -1.06. The third kappa shape index (κ3) is 5.22. The summed E-state index contributed by atoms with van der Waals surface area (Å²) in [6.07, 6.45) is 0.588. The van der Waals surface area contributed by atoms with Gasteiger partial charge in [0, 0.05) is 23.9 Å². The molecule has 2 aromatic rings. The molecule has 2 atom stereocenters. The third-order valence-electron chi connectivity index (χ3n) is 4.11. The zero-order chi connectivity index (χ0) is 16.2. The van der Waals surface area contributed by atoms with Gasteiger partial charge in [0.05, 0.1) is 5.60 Å². The molecule has 4 heteroatoms. The number of hydrogen-bond acceptors (Lipinski definition) is 2. The second-order valence-electron chi connectivity index (χ2n) is 6.26. The molecule has 2 aromatic carbocycles. The molecule has 1 N–H and O–H groups in total. The summed E-state index contributed by atoms with van der Waals surface area (Å²) in [4.78, 5) is 2.11. The molecule has 0 fully saturated rings. The van der Waals surface area contributed by atoms with Crippen LogP contribution in [0.4, 0.5) is 0 Å². The molecule has 126 valence electrons. The third-order valence-corrected chi connectivity index (χ3v) is 4.37. The molecule has 0 saturated carbocycles. The maximum absolute atomic E-state index is 11.5. The summed E-state index contributed by atoms with van der Waals surface area (Å²) in [5.41, 5.74) is 1.12. The monoisotopic (exact) mass is 353 g/mol. The molecule has 0 radical (unpaired) electrons. The summed E-state index contributed by atoms with van der Waals surface area (Å²) in [5.74, 6) is 0.0869. The smallest absolute Gasteiger partial charge is 0.0974 e. The average molecular weight is 354 g/mol. The Labute approximate surface area is 150 Å². The maximum atomic E-state index is 11.5. The van der Waals surface area contributed by atoms with Crippen molar-refractivity contribution >= 4 is 24.0 Å². The summed E-state index contributed by atoms with van der Waals surface area (Å²) in [5, 5.41) is 12.2. The first-order chi connectivity index (χ1) is 10.4. The van der Waals surface area contributed by atoms with Crippen LogP contribution in [0.25, 0.3) is 0 Å². The van der Waals surface area contributed by atoms with E-state index in [1.54, 1.807) is 0 Å². The first-order valence-electron chi connectivity index (χ1n) is 7.59. The highest BCUT2D eigenvalue weighted by Gasteiger charge is 2.36. The van der Waals surface area contributed by atoms with Crippen LogP contribution in [0.2, 0.25) is 5.02 Å². The highest BCUT2D eigenvalue weighted by Crippen LogP contribution is 2.34. The lowest BCUT2D eigenvalue weighted by atomic mass is 9.77. The molecule has 0 amide bonds. The van der Waals surface area contributed by atoms with Crippen molar-refractivity contribution in [1.29, 1.82) is 0 Å². The van der Waals surface area contributed by atoms with E-state index in [0.717, 1.165) is 17.7 Å². The van der Waals surface area contributed by atoms with Crippen molar-refractivity contribution in [1.82, 2.24) is 4.90 Å². The molecule has 2 nitrogen and oxygen atoms in total. The van der Waals surface area contributed by atoms with Gasteiger partial charge < -0.3 is 10.0 Å². The molecule has 0 spiro atoms. The van der Waals surface area contributed by atoms with Crippen LogP contribution in [-0.4, -0.2) is 30.6 Å². The van der Waals surface area contributed by atoms with E-state index in [2.05, 4.69) is 24.0 Å². The number of nitrogens with zero attached hydrogens (tertiary/aromatic N) is 1. The van der Waals surface area contributed by atoms with Crippen LogP contribution in [0.5, 0.6) is 0 Å². The lowest BCUT2D eigenvalue weighted by molar-refractivity contribution is -0.0254. The normalized spacial score (nSPS) is 14.9. The van der Waals surface area contributed by atoms with E-state index in [-0.39, 0.29) is 18.3 Å². The van der Waals surface area contributed by atoms with Crippen molar-refractivity contribution in [3.8, 4) is 0 Å². The van der Waals surface area contributed by atoms with Crippen LogP contribution in [0.3, 0.4) is 0 Å². The lowest BCUT2D eigenvalue weighted by Crippen LogP contribution is -2.41. The minimum Gasteiger partial charge on any atom is -0.384 e. The van der Waals surface area contributed by atoms with Gasteiger partial charge in [-0.05, 0) is 37.4 Å². The zero-order valence-electron chi connectivity index (χ0n) is 13.9. The molecule has 0 aromatic heterocycles. The van der Waals surface area contributed by atoms with Crippen molar-refractivity contribution < 1.29 is 5.11 Å². The van der Waals surface area contributed by atoms with Crippen molar-refractivity contribution in [2.24, 2.45) is 5.92 Å². The van der Waals surface area contributed by atoms with Crippen LogP contribution in [0.15, 0.2) is 54.6 Å². The summed E-state index contributed by atoms with van der Waals surface area (Å²) >= 11 is 6.00. The molecular formula is C19H25Cl2NO. The molecule has 0 heterocycles. The Morgan fingerprint density at radius 2 is 1.61 bits per heavy atom. The van der Waals surface area contributed by atoms with Gasteiger partial charge >= 0.3 is 0 Å². The summed E-state index contributed by atoms with van der Waals surface area (Å²) in [6.45, 7) is 2.91. The van der Waals surface area contributed by atoms with Gasteiger partial charge in [-0.2, -0.15) is 0 Å². The molecule has 0 aliphatic heterocycles. The van der Waals surface area contributed by atoms with E-state index in [1.807, 2.05) is 56.6 Å². The van der Waals surface area contributed by atoms with Crippen LogP contribution < -0.4 is 0 Å². The van der Waals surface area contributed by atoms with Crippen molar-refractivity contribution in [3.63, 3.8) is 0 Å². The van der Waals surface area contributed by atoms with Crippen molar-refractivity contribution in [2.75, 3.05) is 20.6 Å². The molecule has 0 aliphatic rings. The van der Waals surface area contributed by atoms with E-state index in [0.29, 0.717) is 11.4 Å². The predicted octanol–water partition coefficient (Wildman–Crippen LogP) is 4.39. The summed E-state index contributed by atoms with van der Waals surface area (Å²) < 4.78 is 0. The molecule has 2 rings (SSSR count). The standard InChI is InChI=1S/C19H24ClNO.ClH/c1-15(14-21(2)3)19(22,13-16-7-5-4-6-8-16)17-9-11-18(20)12-10-17;/h4-12,15,22H,13-14H2,1-3H3;1H. The lowest BCUT2D eigenvalue weighted by Gasteiger charge is -2.36. The van der Waals surface area contributed by atoms with Crippen LogP contribution in [-0.2, 0) is 12.0 Å². The van der Waals surface area contributed by atoms with Crippen LogP contribution in [0.1, 0.15) is 18.1 Å². The van der Waals surface area contributed by atoms with Gasteiger partial charge in [-0.25, -0.2) is 0 Å². The SMILES string of the molecule is CC(CN(C)C)C(O)(Cc1ccccc1)c1ccc(Cl)cc1.Cl. The fourth-order valence-electron chi connectivity index (χ4n) is 2.91. The minimum absolute atomic E-state index is 0. The molecule has 0 aliphatic carbocycles. The van der Waals surface area contributed by atoms with Gasteiger partial charge in [0.1, 0.15) is 0 Å². The number of benzene rings is 2.